The second kappa shape index (κ2) is 11.5. The van der Waals surface area contributed by atoms with Gasteiger partial charge in [-0.3, -0.25) is 4.79 Å². The number of likely N-dealkylation sites (tertiary alicyclic amines) is 1. The second-order valence-corrected chi connectivity index (χ2v) is 6.57. The first-order valence-corrected chi connectivity index (χ1v) is 9.06. The van der Waals surface area contributed by atoms with Crippen molar-refractivity contribution >= 4 is 24.4 Å². The van der Waals surface area contributed by atoms with Gasteiger partial charge in [-0.25, -0.2) is 20.0 Å². The molecule has 0 unspecified atom stereocenters. The van der Waals surface area contributed by atoms with E-state index in [-0.39, 0.29) is 32.0 Å². The highest BCUT2D eigenvalue weighted by atomic mass is 35.5. The molecule has 1 aromatic carbocycles. The van der Waals surface area contributed by atoms with Gasteiger partial charge in [0.05, 0.1) is 12.6 Å². The summed E-state index contributed by atoms with van der Waals surface area (Å²) < 4.78 is 18.9. The number of hydrazine groups is 1. The SMILES string of the molecule is CCCC[C@@H](C(=O)N1C[C@@H](F)C[C@H]1C#N)N(N)C(=O)OCc1ccccc1.Cl. The summed E-state index contributed by atoms with van der Waals surface area (Å²) >= 11 is 0. The second-order valence-electron chi connectivity index (χ2n) is 6.57. The third kappa shape index (κ3) is 6.08. The van der Waals surface area contributed by atoms with E-state index in [2.05, 4.69) is 0 Å². The van der Waals surface area contributed by atoms with Gasteiger partial charge in [0.2, 0.25) is 5.91 Å². The van der Waals surface area contributed by atoms with Crippen molar-refractivity contribution in [1.29, 1.82) is 5.26 Å². The highest BCUT2D eigenvalue weighted by molar-refractivity contribution is 5.86. The summed E-state index contributed by atoms with van der Waals surface area (Å²) in [6.07, 6.45) is -0.340. The van der Waals surface area contributed by atoms with Gasteiger partial charge >= 0.3 is 6.09 Å². The highest BCUT2D eigenvalue weighted by Crippen LogP contribution is 2.23. The van der Waals surface area contributed by atoms with Crippen LogP contribution in [0, 0.1) is 11.3 Å². The van der Waals surface area contributed by atoms with Crippen molar-refractivity contribution in [3.63, 3.8) is 0 Å². The first-order chi connectivity index (χ1) is 13.0. The maximum absolute atomic E-state index is 13.7. The fraction of sp³-hybridized carbons (Fsp3) is 0.526. The fourth-order valence-electron chi connectivity index (χ4n) is 3.04. The number of nitrogens with two attached hydrogens (primary N) is 1. The van der Waals surface area contributed by atoms with Crippen LogP contribution in [0.1, 0.15) is 38.2 Å². The number of hydrogen-bond acceptors (Lipinski definition) is 5. The zero-order chi connectivity index (χ0) is 19.8. The molecule has 0 saturated carbocycles. The van der Waals surface area contributed by atoms with Gasteiger partial charge in [-0.15, -0.1) is 12.4 Å². The Morgan fingerprint density at radius 1 is 1.43 bits per heavy atom. The lowest BCUT2D eigenvalue weighted by atomic mass is 10.1. The average Bonchev–Trinajstić information content (AvgIpc) is 3.07. The van der Waals surface area contributed by atoms with Crippen molar-refractivity contribution in [3.8, 4) is 6.07 Å². The van der Waals surface area contributed by atoms with Crippen LogP contribution in [0.4, 0.5) is 9.18 Å². The molecule has 1 aliphatic heterocycles. The third-order valence-electron chi connectivity index (χ3n) is 4.55. The van der Waals surface area contributed by atoms with E-state index >= 15 is 0 Å². The molecular weight excluding hydrogens is 387 g/mol. The number of nitriles is 1. The van der Waals surface area contributed by atoms with Gasteiger partial charge in [-0.1, -0.05) is 50.1 Å². The lowest BCUT2D eigenvalue weighted by Crippen LogP contribution is -2.55. The molecule has 2 N–H and O–H groups in total. The molecule has 0 spiro atoms. The Hall–Kier alpha value is -2.37. The summed E-state index contributed by atoms with van der Waals surface area (Å²) in [6.45, 7) is 1.81. The van der Waals surface area contributed by atoms with E-state index in [1.165, 1.54) is 4.90 Å². The quantitative estimate of drug-likeness (QED) is 0.421. The number of unbranched alkanes of at least 4 members (excludes halogenated alkanes) is 1. The highest BCUT2D eigenvalue weighted by Gasteiger charge is 2.40. The van der Waals surface area contributed by atoms with Crippen molar-refractivity contribution in [2.45, 2.75) is 57.5 Å². The number of hydrogen-bond donors (Lipinski definition) is 1. The van der Waals surface area contributed by atoms with E-state index in [1.807, 2.05) is 31.2 Å². The van der Waals surface area contributed by atoms with Crippen LogP contribution in [-0.2, 0) is 16.1 Å². The minimum Gasteiger partial charge on any atom is -0.444 e. The summed E-state index contributed by atoms with van der Waals surface area (Å²) in [5.41, 5.74) is 0.792. The zero-order valence-corrected chi connectivity index (χ0v) is 16.6. The number of benzene rings is 1. The molecule has 1 heterocycles. The lowest BCUT2D eigenvalue weighted by Gasteiger charge is -2.30. The first-order valence-electron chi connectivity index (χ1n) is 9.06. The van der Waals surface area contributed by atoms with Gasteiger partial charge in [-0.05, 0) is 12.0 Å². The van der Waals surface area contributed by atoms with E-state index in [0.717, 1.165) is 17.0 Å². The smallest absolute Gasteiger partial charge is 0.425 e. The molecule has 154 valence electrons. The fourth-order valence-corrected chi connectivity index (χ4v) is 3.04. The molecule has 0 aliphatic carbocycles. The molecule has 7 nitrogen and oxygen atoms in total. The van der Waals surface area contributed by atoms with Gasteiger partial charge in [-0.2, -0.15) is 5.26 Å². The number of halogens is 2. The number of ether oxygens (including phenoxy) is 1. The molecule has 0 radical (unpaired) electrons. The molecule has 3 atom stereocenters. The number of alkyl halides is 1. The van der Waals surface area contributed by atoms with Crippen LogP contribution < -0.4 is 5.84 Å². The molecule has 9 heteroatoms. The van der Waals surface area contributed by atoms with Crippen LogP contribution in [0.5, 0.6) is 0 Å². The predicted octanol–water partition coefficient (Wildman–Crippen LogP) is 2.94. The molecule has 1 aliphatic rings. The number of carbonyl (C=O) groups is 2. The van der Waals surface area contributed by atoms with Gasteiger partial charge in [0.1, 0.15) is 24.9 Å². The predicted molar refractivity (Wildman–Crippen MR) is 104 cm³/mol. The van der Waals surface area contributed by atoms with Crippen LogP contribution in [0.2, 0.25) is 0 Å². The minimum atomic E-state index is -1.25. The first kappa shape index (κ1) is 23.7. The number of nitrogens with zero attached hydrogens (tertiary/aromatic N) is 3. The van der Waals surface area contributed by atoms with Crippen LogP contribution in [-0.4, -0.2) is 46.7 Å². The molecule has 2 amide bonds. The topological polar surface area (TPSA) is 99.7 Å². The van der Waals surface area contributed by atoms with Crippen molar-refractivity contribution in [2.24, 2.45) is 5.84 Å². The van der Waals surface area contributed by atoms with Gasteiger partial charge in [0, 0.05) is 6.42 Å². The summed E-state index contributed by atoms with van der Waals surface area (Å²) in [7, 11) is 0. The Morgan fingerprint density at radius 2 is 2.11 bits per heavy atom. The zero-order valence-electron chi connectivity index (χ0n) is 15.8. The molecule has 0 aromatic heterocycles. The van der Waals surface area contributed by atoms with E-state index in [0.29, 0.717) is 12.8 Å². The molecular formula is C19H26ClFN4O3. The number of carbonyl (C=O) groups excluding carboxylic acids is 2. The van der Waals surface area contributed by atoms with E-state index < -0.39 is 30.3 Å². The Labute approximate surface area is 170 Å². The summed E-state index contributed by atoms with van der Waals surface area (Å²) in [5, 5.41) is 9.94. The molecule has 2 rings (SSSR count). The van der Waals surface area contributed by atoms with Crippen LogP contribution >= 0.6 is 12.4 Å². The molecule has 28 heavy (non-hydrogen) atoms. The van der Waals surface area contributed by atoms with E-state index in [9.17, 15) is 19.2 Å². The Morgan fingerprint density at radius 3 is 2.71 bits per heavy atom. The Balaban J connectivity index is 0.00000392. The standard InChI is InChI=1S/C19H25FN4O3.ClH/c1-2-3-9-17(18(25)23-12-15(20)10-16(23)11-21)24(22)19(26)27-13-14-7-5-4-6-8-14;/h4-8,15-17H,2-3,9-10,12-13,22H2,1H3;1H/t15-,16-,17-;/m0./s1. The normalized spacial score (nSPS) is 19.3. The monoisotopic (exact) mass is 412 g/mol. The number of amides is 2. The molecule has 1 fully saturated rings. The minimum absolute atomic E-state index is 0. The van der Waals surface area contributed by atoms with Crippen molar-refractivity contribution < 1.29 is 18.7 Å². The third-order valence-corrected chi connectivity index (χ3v) is 4.55. The van der Waals surface area contributed by atoms with E-state index in [1.54, 1.807) is 12.1 Å². The molecule has 0 bridgehead atoms. The summed E-state index contributed by atoms with van der Waals surface area (Å²) in [4.78, 5) is 26.4. The largest absolute Gasteiger partial charge is 0.444 e. The van der Waals surface area contributed by atoms with Gasteiger partial charge < -0.3 is 9.64 Å². The number of rotatable bonds is 7. The van der Waals surface area contributed by atoms with Crippen LogP contribution in [0.25, 0.3) is 0 Å². The van der Waals surface area contributed by atoms with Crippen molar-refractivity contribution in [1.82, 2.24) is 9.91 Å². The maximum Gasteiger partial charge on any atom is 0.425 e. The summed E-state index contributed by atoms with van der Waals surface area (Å²) in [5.74, 6) is 5.37. The van der Waals surface area contributed by atoms with Crippen LogP contribution in [0.15, 0.2) is 30.3 Å². The van der Waals surface area contributed by atoms with Gasteiger partial charge in [0.25, 0.3) is 0 Å². The molecule has 1 saturated heterocycles. The van der Waals surface area contributed by atoms with Gasteiger partial charge in [0.15, 0.2) is 0 Å². The lowest BCUT2D eigenvalue weighted by molar-refractivity contribution is -0.137. The summed E-state index contributed by atoms with van der Waals surface area (Å²) in [6, 6.07) is 9.20. The Bertz CT molecular complexity index is 686. The molecule has 1 aromatic rings. The van der Waals surface area contributed by atoms with Crippen LogP contribution in [0.3, 0.4) is 0 Å². The maximum atomic E-state index is 13.7. The van der Waals surface area contributed by atoms with Crippen molar-refractivity contribution in [3.05, 3.63) is 35.9 Å². The average molecular weight is 413 g/mol. The van der Waals surface area contributed by atoms with E-state index in [4.69, 9.17) is 10.6 Å². The van der Waals surface area contributed by atoms with Crippen molar-refractivity contribution in [2.75, 3.05) is 6.54 Å². The Kier molecular flexibility index (Phi) is 9.69.